The van der Waals surface area contributed by atoms with Crippen molar-refractivity contribution >= 4 is 5.97 Å². The second-order valence-corrected chi connectivity index (χ2v) is 2.37. The Morgan fingerprint density at radius 3 is 2.73 bits per heavy atom. The summed E-state index contributed by atoms with van der Waals surface area (Å²) in [6, 6.07) is 0. The van der Waals surface area contributed by atoms with Gasteiger partial charge in [0.05, 0.1) is 6.61 Å². The van der Waals surface area contributed by atoms with Gasteiger partial charge in [-0.1, -0.05) is 12.7 Å². The van der Waals surface area contributed by atoms with Crippen molar-refractivity contribution in [3.05, 3.63) is 25.3 Å². The predicted molar refractivity (Wildman–Crippen MR) is 40.0 cm³/mol. The fourth-order valence-corrected chi connectivity index (χ4v) is 0.605. The predicted octanol–water partition coefficient (Wildman–Crippen LogP) is 0.671. The Morgan fingerprint density at radius 1 is 1.73 bits per heavy atom. The number of carbonyl (C=O) groups excluding carboxylic acids is 1. The van der Waals surface area contributed by atoms with Crippen LogP contribution in [0.4, 0.5) is 0 Å². The van der Waals surface area contributed by atoms with Crippen LogP contribution in [0.15, 0.2) is 25.3 Å². The molecule has 0 amide bonds. The van der Waals surface area contributed by atoms with Gasteiger partial charge in [0.15, 0.2) is 0 Å². The number of rotatable bonds is 4. The highest BCUT2D eigenvalue weighted by molar-refractivity contribution is 5.81. The molecular formula is C8H10O3. The summed E-state index contributed by atoms with van der Waals surface area (Å²) in [5, 5.41) is 0. The zero-order valence-electron chi connectivity index (χ0n) is 6.21. The van der Waals surface area contributed by atoms with Crippen molar-refractivity contribution in [3.63, 3.8) is 0 Å². The molecule has 3 heteroatoms. The van der Waals surface area contributed by atoms with Gasteiger partial charge in [0.2, 0.25) is 0 Å². The second-order valence-electron chi connectivity index (χ2n) is 2.37. The zero-order chi connectivity index (χ0) is 8.32. The van der Waals surface area contributed by atoms with E-state index in [2.05, 4.69) is 13.2 Å². The van der Waals surface area contributed by atoms with Gasteiger partial charge in [-0.15, -0.1) is 6.58 Å². The quantitative estimate of drug-likeness (QED) is 0.258. The van der Waals surface area contributed by atoms with Gasteiger partial charge in [-0.2, -0.15) is 0 Å². The molecule has 0 bridgehead atoms. The third-order valence-corrected chi connectivity index (χ3v) is 1.51. The van der Waals surface area contributed by atoms with Crippen LogP contribution >= 0.6 is 0 Å². The van der Waals surface area contributed by atoms with E-state index in [-0.39, 0.29) is 6.61 Å². The van der Waals surface area contributed by atoms with Gasteiger partial charge >= 0.3 is 5.97 Å². The van der Waals surface area contributed by atoms with E-state index in [1.54, 1.807) is 6.08 Å². The molecule has 0 aromatic rings. The summed E-state index contributed by atoms with van der Waals surface area (Å²) in [5.41, 5.74) is -0.404. The Balaban J connectivity index is 2.27. The standard InChI is InChI=1S/C8H10O3/c1-3-7(9)10-5-8(4-2)6-11-8/h3-4H,1-2,5-6H2. The van der Waals surface area contributed by atoms with Crippen molar-refractivity contribution in [1.82, 2.24) is 0 Å². The number of carbonyl (C=O) groups is 1. The summed E-state index contributed by atoms with van der Waals surface area (Å²) < 4.78 is 9.77. The fraction of sp³-hybridized carbons (Fsp3) is 0.375. The Morgan fingerprint density at radius 2 is 2.36 bits per heavy atom. The van der Waals surface area contributed by atoms with Crippen molar-refractivity contribution in [1.29, 1.82) is 0 Å². The van der Waals surface area contributed by atoms with E-state index >= 15 is 0 Å². The summed E-state index contributed by atoms with van der Waals surface area (Å²) in [7, 11) is 0. The van der Waals surface area contributed by atoms with Crippen molar-refractivity contribution in [2.75, 3.05) is 13.2 Å². The Hall–Kier alpha value is -1.09. The van der Waals surface area contributed by atoms with Crippen LogP contribution in [0.3, 0.4) is 0 Å². The maximum Gasteiger partial charge on any atom is 0.330 e. The molecule has 0 spiro atoms. The van der Waals surface area contributed by atoms with Crippen molar-refractivity contribution in [2.45, 2.75) is 5.60 Å². The molecule has 0 aromatic heterocycles. The number of esters is 1. The minimum absolute atomic E-state index is 0.237. The van der Waals surface area contributed by atoms with Crippen LogP contribution < -0.4 is 0 Å². The highest BCUT2D eigenvalue weighted by atomic mass is 16.6. The number of hydrogen-bond acceptors (Lipinski definition) is 3. The van der Waals surface area contributed by atoms with Crippen molar-refractivity contribution in [3.8, 4) is 0 Å². The molecule has 0 saturated carbocycles. The number of hydrogen-bond donors (Lipinski definition) is 0. The van der Waals surface area contributed by atoms with Crippen LogP contribution in [-0.4, -0.2) is 24.8 Å². The van der Waals surface area contributed by atoms with E-state index in [0.29, 0.717) is 6.61 Å². The van der Waals surface area contributed by atoms with E-state index in [0.717, 1.165) is 6.08 Å². The topological polar surface area (TPSA) is 38.8 Å². The first-order valence-corrected chi connectivity index (χ1v) is 3.29. The van der Waals surface area contributed by atoms with Crippen LogP contribution in [0.2, 0.25) is 0 Å². The lowest BCUT2D eigenvalue weighted by atomic mass is 10.2. The molecule has 0 aromatic carbocycles. The van der Waals surface area contributed by atoms with Gasteiger partial charge in [-0.3, -0.25) is 0 Å². The summed E-state index contributed by atoms with van der Waals surface area (Å²) in [6.45, 7) is 7.64. The zero-order valence-corrected chi connectivity index (χ0v) is 6.21. The van der Waals surface area contributed by atoms with Crippen LogP contribution in [0.5, 0.6) is 0 Å². The fourth-order valence-electron chi connectivity index (χ4n) is 0.605. The molecule has 1 heterocycles. The molecule has 60 valence electrons. The molecule has 0 aliphatic carbocycles. The largest absolute Gasteiger partial charge is 0.459 e. The lowest BCUT2D eigenvalue weighted by molar-refractivity contribution is -0.138. The third kappa shape index (κ3) is 1.91. The van der Waals surface area contributed by atoms with Crippen LogP contribution in [0.25, 0.3) is 0 Å². The summed E-state index contributed by atoms with van der Waals surface area (Å²) in [6.07, 6.45) is 2.77. The van der Waals surface area contributed by atoms with Gasteiger partial charge in [-0.25, -0.2) is 4.79 Å². The summed E-state index contributed by atoms with van der Waals surface area (Å²) in [5.74, 6) is -0.429. The van der Waals surface area contributed by atoms with E-state index in [4.69, 9.17) is 9.47 Å². The highest BCUT2D eigenvalue weighted by Gasteiger charge is 2.42. The van der Waals surface area contributed by atoms with Gasteiger partial charge in [0, 0.05) is 6.08 Å². The molecule has 1 atom stereocenters. The minimum Gasteiger partial charge on any atom is -0.459 e. The van der Waals surface area contributed by atoms with Crippen LogP contribution in [0, 0.1) is 0 Å². The molecular weight excluding hydrogens is 144 g/mol. The minimum atomic E-state index is -0.429. The number of epoxide rings is 1. The average Bonchev–Trinajstić information content (AvgIpc) is 2.81. The van der Waals surface area contributed by atoms with E-state index in [1.807, 2.05) is 0 Å². The second kappa shape index (κ2) is 2.88. The first-order chi connectivity index (χ1) is 5.22. The molecule has 0 N–H and O–H groups in total. The van der Waals surface area contributed by atoms with E-state index < -0.39 is 11.6 Å². The molecule has 1 aliphatic rings. The maximum absolute atomic E-state index is 10.6. The number of ether oxygens (including phenoxy) is 2. The summed E-state index contributed by atoms with van der Waals surface area (Å²) in [4.78, 5) is 10.6. The Labute approximate surface area is 65.3 Å². The van der Waals surface area contributed by atoms with Crippen molar-refractivity contribution < 1.29 is 14.3 Å². The SMILES string of the molecule is C=CC(=O)OCC1(C=C)CO1. The Bertz CT molecular complexity index is 192. The van der Waals surface area contributed by atoms with E-state index in [1.165, 1.54) is 0 Å². The molecule has 0 radical (unpaired) electrons. The monoisotopic (exact) mass is 154 g/mol. The Kier molecular flexibility index (Phi) is 2.10. The third-order valence-electron chi connectivity index (χ3n) is 1.51. The molecule has 1 fully saturated rings. The van der Waals surface area contributed by atoms with Crippen molar-refractivity contribution in [2.24, 2.45) is 0 Å². The smallest absolute Gasteiger partial charge is 0.330 e. The first-order valence-electron chi connectivity index (χ1n) is 3.29. The van der Waals surface area contributed by atoms with E-state index in [9.17, 15) is 4.79 Å². The molecule has 3 nitrogen and oxygen atoms in total. The molecule has 1 unspecified atom stereocenters. The summed E-state index contributed by atoms with van der Waals surface area (Å²) >= 11 is 0. The van der Waals surface area contributed by atoms with Gasteiger partial charge in [0.1, 0.15) is 12.2 Å². The lowest BCUT2D eigenvalue weighted by Gasteiger charge is -2.04. The molecule has 1 rings (SSSR count). The molecule has 1 aliphatic heterocycles. The molecule has 1 saturated heterocycles. The molecule has 11 heavy (non-hydrogen) atoms. The normalized spacial score (nSPS) is 27.3. The lowest BCUT2D eigenvalue weighted by Crippen LogP contribution is -2.18. The maximum atomic E-state index is 10.6. The first kappa shape index (κ1) is 8.01. The van der Waals surface area contributed by atoms with Crippen LogP contribution in [-0.2, 0) is 14.3 Å². The highest BCUT2D eigenvalue weighted by Crippen LogP contribution is 2.27. The average molecular weight is 154 g/mol. The van der Waals surface area contributed by atoms with Gasteiger partial charge in [-0.05, 0) is 0 Å². The van der Waals surface area contributed by atoms with Gasteiger partial charge < -0.3 is 9.47 Å². The van der Waals surface area contributed by atoms with Gasteiger partial charge in [0.25, 0.3) is 0 Å². The van der Waals surface area contributed by atoms with Crippen LogP contribution in [0.1, 0.15) is 0 Å².